The maximum absolute atomic E-state index is 13.4. The molecule has 6 heteroatoms. The highest BCUT2D eigenvalue weighted by atomic mass is 32.1. The molecule has 2 heterocycles. The van der Waals surface area contributed by atoms with Crippen LogP contribution in [0.25, 0.3) is 11.4 Å². The number of thiazole rings is 1. The lowest BCUT2D eigenvalue weighted by atomic mass is 10.2. The molecule has 2 N–H and O–H groups in total. The molecule has 4 nitrogen and oxygen atoms in total. The number of benzene rings is 1. The molecule has 0 aliphatic heterocycles. The molecule has 0 spiro atoms. The van der Waals surface area contributed by atoms with E-state index in [9.17, 15) is 4.39 Å². The van der Waals surface area contributed by atoms with Gasteiger partial charge in [0.15, 0.2) is 0 Å². The number of halogens is 1. The number of aryl methyl sites for hydroxylation is 1. The Labute approximate surface area is 125 Å². The number of anilines is 1. The van der Waals surface area contributed by atoms with Crippen LogP contribution < -0.4 is 10.5 Å². The number of nitrogen functional groups attached to an aromatic ring is 1. The summed E-state index contributed by atoms with van der Waals surface area (Å²) in [5, 5.41) is 2.91. The minimum atomic E-state index is -0.503. The molecule has 2 aromatic heterocycles. The van der Waals surface area contributed by atoms with Crippen LogP contribution in [0.2, 0.25) is 0 Å². The number of ether oxygens (including phenoxy) is 1. The highest BCUT2D eigenvalue weighted by Gasteiger charge is 2.07. The average Bonchev–Trinajstić information content (AvgIpc) is 2.90. The van der Waals surface area contributed by atoms with E-state index in [0.717, 1.165) is 10.7 Å². The van der Waals surface area contributed by atoms with Crippen molar-refractivity contribution in [3.8, 4) is 22.9 Å². The Bertz CT molecular complexity index is 788. The highest BCUT2D eigenvalue weighted by Crippen LogP contribution is 2.27. The molecule has 106 valence electrons. The normalized spacial score (nSPS) is 10.6. The summed E-state index contributed by atoms with van der Waals surface area (Å²) < 4.78 is 19.0. The third-order valence-electron chi connectivity index (χ3n) is 2.82. The van der Waals surface area contributed by atoms with Crippen LogP contribution in [0, 0.1) is 12.7 Å². The Hall–Kier alpha value is -2.47. The van der Waals surface area contributed by atoms with Gasteiger partial charge in [0.1, 0.15) is 17.3 Å². The quantitative estimate of drug-likeness (QED) is 0.742. The number of hydrogen-bond donors (Lipinski definition) is 1. The van der Waals surface area contributed by atoms with Gasteiger partial charge in [-0.05, 0) is 25.1 Å². The van der Waals surface area contributed by atoms with Crippen LogP contribution in [-0.2, 0) is 0 Å². The van der Waals surface area contributed by atoms with Crippen LogP contribution >= 0.6 is 11.3 Å². The lowest BCUT2D eigenvalue weighted by Gasteiger charge is -2.07. The first-order valence-electron chi connectivity index (χ1n) is 6.23. The third-order valence-corrected chi connectivity index (χ3v) is 3.59. The van der Waals surface area contributed by atoms with Gasteiger partial charge in [0.2, 0.25) is 0 Å². The highest BCUT2D eigenvalue weighted by molar-refractivity contribution is 7.09. The van der Waals surface area contributed by atoms with Gasteiger partial charge >= 0.3 is 0 Å². The summed E-state index contributed by atoms with van der Waals surface area (Å²) in [6.07, 6.45) is 1.63. The van der Waals surface area contributed by atoms with Crippen LogP contribution in [0.4, 0.5) is 10.1 Å². The molecular weight excluding hydrogens is 289 g/mol. The number of aromatic nitrogens is 2. The number of nitrogens with zero attached hydrogens (tertiary/aromatic N) is 2. The second-order valence-electron chi connectivity index (χ2n) is 4.41. The fourth-order valence-electron chi connectivity index (χ4n) is 1.80. The molecule has 0 saturated carbocycles. The summed E-state index contributed by atoms with van der Waals surface area (Å²) in [7, 11) is 0. The molecule has 3 rings (SSSR count). The standard InChI is InChI=1S/C15H12FN3OS/c1-9-19-15(8-21-9)14-7-11(4-5-18-14)20-10-2-3-13(17)12(16)6-10/h2-8H,17H2,1H3. The van der Waals surface area contributed by atoms with Crippen molar-refractivity contribution >= 4 is 17.0 Å². The average molecular weight is 301 g/mol. The number of pyridine rings is 1. The Kier molecular flexibility index (Phi) is 3.53. The topological polar surface area (TPSA) is 61.0 Å². The molecule has 0 saturated heterocycles. The largest absolute Gasteiger partial charge is 0.457 e. The zero-order valence-corrected chi connectivity index (χ0v) is 12.0. The van der Waals surface area contributed by atoms with E-state index < -0.39 is 5.82 Å². The van der Waals surface area contributed by atoms with E-state index in [1.807, 2.05) is 12.3 Å². The predicted molar refractivity (Wildman–Crippen MR) is 81.0 cm³/mol. The second kappa shape index (κ2) is 5.49. The summed E-state index contributed by atoms with van der Waals surface area (Å²) >= 11 is 1.56. The fourth-order valence-corrected chi connectivity index (χ4v) is 2.41. The summed E-state index contributed by atoms with van der Waals surface area (Å²) in [5.74, 6) is 0.444. The third kappa shape index (κ3) is 3.00. The van der Waals surface area contributed by atoms with Gasteiger partial charge < -0.3 is 10.5 Å². The van der Waals surface area contributed by atoms with E-state index >= 15 is 0 Å². The van der Waals surface area contributed by atoms with Gasteiger partial charge in [-0.25, -0.2) is 9.37 Å². The summed E-state index contributed by atoms with van der Waals surface area (Å²) in [6, 6.07) is 7.81. The van der Waals surface area contributed by atoms with Crippen molar-refractivity contribution in [1.82, 2.24) is 9.97 Å². The molecule has 0 aliphatic carbocycles. The fraction of sp³-hybridized carbons (Fsp3) is 0.0667. The first-order valence-corrected chi connectivity index (χ1v) is 7.11. The monoisotopic (exact) mass is 301 g/mol. The van der Waals surface area contributed by atoms with Crippen molar-refractivity contribution in [3.05, 3.63) is 52.7 Å². The predicted octanol–water partition coefficient (Wildman–Crippen LogP) is 4.03. The van der Waals surface area contributed by atoms with Gasteiger partial charge in [-0.3, -0.25) is 4.98 Å². The van der Waals surface area contributed by atoms with E-state index in [2.05, 4.69) is 9.97 Å². The second-order valence-corrected chi connectivity index (χ2v) is 5.48. The minimum absolute atomic E-state index is 0.0933. The Balaban J connectivity index is 1.87. The molecular formula is C15H12FN3OS. The van der Waals surface area contributed by atoms with Crippen molar-refractivity contribution < 1.29 is 9.13 Å². The van der Waals surface area contributed by atoms with Gasteiger partial charge in [0.05, 0.1) is 22.1 Å². The first-order chi connectivity index (χ1) is 10.1. The summed E-state index contributed by atoms with van der Waals surface area (Å²) in [6.45, 7) is 1.94. The van der Waals surface area contributed by atoms with E-state index in [0.29, 0.717) is 17.2 Å². The van der Waals surface area contributed by atoms with Gasteiger partial charge in [-0.15, -0.1) is 11.3 Å². The zero-order chi connectivity index (χ0) is 14.8. The first kappa shape index (κ1) is 13.5. The van der Waals surface area contributed by atoms with E-state index in [-0.39, 0.29) is 5.69 Å². The minimum Gasteiger partial charge on any atom is -0.457 e. The molecule has 3 aromatic rings. The van der Waals surface area contributed by atoms with Crippen LogP contribution in [0.5, 0.6) is 11.5 Å². The number of nitrogens with two attached hydrogens (primary N) is 1. The van der Waals surface area contributed by atoms with Crippen LogP contribution in [0.1, 0.15) is 5.01 Å². The molecule has 0 unspecified atom stereocenters. The van der Waals surface area contributed by atoms with E-state index in [1.165, 1.54) is 12.1 Å². The molecule has 0 aliphatic rings. The number of rotatable bonds is 3. The molecule has 21 heavy (non-hydrogen) atoms. The van der Waals surface area contributed by atoms with Gasteiger partial charge in [-0.2, -0.15) is 0 Å². The Morgan fingerprint density at radius 1 is 1.14 bits per heavy atom. The maximum atomic E-state index is 13.4. The van der Waals surface area contributed by atoms with Crippen molar-refractivity contribution in [1.29, 1.82) is 0 Å². The molecule has 0 fully saturated rings. The van der Waals surface area contributed by atoms with Crippen LogP contribution in [-0.4, -0.2) is 9.97 Å². The summed E-state index contributed by atoms with van der Waals surface area (Å²) in [5.41, 5.74) is 7.04. The van der Waals surface area contributed by atoms with Crippen LogP contribution in [0.15, 0.2) is 41.9 Å². The molecule has 0 bridgehead atoms. The van der Waals surface area contributed by atoms with Crippen molar-refractivity contribution in [2.45, 2.75) is 6.92 Å². The van der Waals surface area contributed by atoms with E-state index in [1.54, 1.807) is 35.7 Å². The van der Waals surface area contributed by atoms with Crippen molar-refractivity contribution in [3.63, 3.8) is 0 Å². The van der Waals surface area contributed by atoms with Gasteiger partial charge in [-0.1, -0.05) is 0 Å². The van der Waals surface area contributed by atoms with Crippen molar-refractivity contribution in [2.75, 3.05) is 5.73 Å². The maximum Gasteiger partial charge on any atom is 0.149 e. The van der Waals surface area contributed by atoms with Gasteiger partial charge in [0.25, 0.3) is 0 Å². The van der Waals surface area contributed by atoms with Crippen LogP contribution in [0.3, 0.4) is 0 Å². The van der Waals surface area contributed by atoms with Crippen molar-refractivity contribution in [2.24, 2.45) is 0 Å². The smallest absolute Gasteiger partial charge is 0.149 e. The molecule has 1 aromatic carbocycles. The Morgan fingerprint density at radius 3 is 2.67 bits per heavy atom. The van der Waals surface area contributed by atoms with Gasteiger partial charge in [0, 0.05) is 23.7 Å². The lowest BCUT2D eigenvalue weighted by Crippen LogP contribution is -1.92. The number of hydrogen-bond acceptors (Lipinski definition) is 5. The molecule has 0 atom stereocenters. The SMILES string of the molecule is Cc1nc(-c2cc(Oc3ccc(N)c(F)c3)ccn2)cs1. The van der Waals surface area contributed by atoms with E-state index in [4.69, 9.17) is 10.5 Å². The molecule has 0 radical (unpaired) electrons. The summed E-state index contributed by atoms with van der Waals surface area (Å²) in [4.78, 5) is 8.65. The Morgan fingerprint density at radius 2 is 1.95 bits per heavy atom. The molecule has 0 amide bonds. The lowest BCUT2D eigenvalue weighted by molar-refractivity contribution is 0.477. The zero-order valence-electron chi connectivity index (χ0n) is 11.2.